The Hall–Kier alpha value is -1.36. The number of hydrogen-bond acceptors (Lipinski definition) is 4. The van der Waals surface area contributed by atoms with E-state index in [1.165, 1.54) is 22.7 Å². The molecule has 3 rings (SSSR count). The fraction of sp³-hybridized carbons (Fsp3) is 0. The SMILES string of the molecule is Oc1ccccc1-c1nc(-c2ccc(Cl)s2)cs1. The van der Waals surface area contributed by atoms with Crippen LogP contribution in [0.25, 0.3) is 21.1 Å². The summed E-state index contributed by atoms with van der Waals surface area (Å²) in [7, 11) is 0. The number of para-hydroxylation sites is 1. The molecule has 5 heteroatoms. The Labute approximate surface area is 117 Å². The first kappa shape index (κ1) is 11.7. The van der Waals surface area contributed by atoms with Crippen LogP contribution in [0.3, 0.4) is 0 Å². The fourth-order valence-corrected chi connectivity index (χ4v) is 3.55. The lowest BCUT2D eigenvalue weighted by Crippen LogP contribution is -1.77. The van der Waals surface area contributed by atoms with Gasteiger partial charge in [0.05, 0.1) is 20.5 Å². The molecule has 0 radical (unpaired) electrons. The Morgan fingerprint density at radius 2 is 1.94 bits per heavy atom. The molecule has 0 unspecified atom stereocenters. The van der Waals surface area contributed by atoms with Gasteiger partial charge in [-0.1, -0.05) is 23.7 Å². The number of thiazole rings is 1. The Morgan fingerprint density at radius 1 is 1.11 bits per heavy atom. The third kappa shape index (κ3) is 2.14. The quantitative estimate of drug-likeness (QED) is 0.729. The Bertz CT molecular complexity index is 690. The van der Waals surface area contributed by atoms with Crippen molar-refractivity contribution >= 4 is 34.3 Å². The second-order valence-corrected chi connectivity index (χ2v) is 6.23. The zero-order chi connectivity index (χ0) is 12.5. The van der Waals surface area contributed by atoms with Gasteiger partial charge in [-0.15, -0.1) is 22.7 Å². The van der Waals surface area contributed by atoms with Gasteiger partial charge < -0.3 is 5.11 Å². The monoisotopic (exact) mass is 293 g/mol. The average Bonchev–Trinajstić information content (AvgIpc) is 2.98. The second-order valence-electron chi connectivity index (χ2n) is 3.66. The second kappa shape index (κ2) is 4.72. The van der Waals surface area contributed by atoms with Crippen LogP contribution < -0.4 is 0 Å². The normalized spacial score (nSPS) is 10.7. The van der Waals surface area contributed by atoms with E-state index in [-0.39, 0.29) is 5.75 Å². The number of halogens is 1. The molecule has 0 atom stereocenters. The van der Waals surface area contributed by atoms with Gasteiger partial charge >= 0.3 is 0 Å². The van der Waals surface area contributed by atoms with E-state index in [1.54, 1.807) is 12.1 Å². The number of aromatic nitrogens is 1. The lowest BCUT2D eigenvalue weighted by atomic mass is 10.2. The summed E-state index contributed by atoms with van der Waals surface area (Å²) < 4.78 is 0.752. The maximum Gasteiger partial charge on any atom is 0.127 e. The molecule has 0 amide bonds. The van der Waals surface area contributed by atoms with Gasteiger partial charge in [0.15, 0.2) is 0 Å². The maximum atomic E-state index is 9.80. The van der Waals surface area contributed by atoms with Crippen LogP contribution in [0, 0.1) is 0 Å². The number of phenols is 1. The number of benzene rings is 1. The van der Waals surface area contributed by atoms with E-state index in [9.17, 15) is 5.11 Å². The first-order valence-electron chi connectivity index (χ1n) is 5.23. The van der Waals surface area contributed by atoms with Gasteiger partial charge in [-0.25, -0.2) is 4.98 Å². The van der Waals surface area contributed by atoms with Crippen molar-refractivity contribution in [1.29, 1.82) is 0 Å². The minimum absolute atomic E-state index is 0.252. The van der Waals surface area contributed by atoms with E-state index >= 15 is 0 Å². The minimum atomic E-state index is 0.252. The topological polar surface area (TPSA) is 33.1 Å². The van der Waals surface area contributed by atoms with Crippen LogP contribution in [0.4, 0.5) is 0 Å². The number of thiophene rings is 1. The van der Waals surface area contributed by atoms with E-state index in [2.05, 4.69) is 4.98 Å². The molecule has 90 valence electrons. The first-order chi connectivity index (χ1) is 8.74. The summed E-state index contributed by atoms with van der Waals surface area (Å²) in [5, 5.41) is 12.6. The van der Waals surface area contributed by atoms with Crippen LogP contribution in [-0.4, -0.2) is 10.1 Å². The molecule has 2 aromatic heterocycles. The molecular weight excluding hydrogens is 286 g/mol. The van der Waals surface area contributed by atoms with Gasteiger partial charge in [0, 0.05) is 5.38 Å². The molecule has 0 aliphatic rings. The van der Waals surface area contributed by atoms with Crippen molar-refractivity contribution in [3.8, 4) is 26.9 Å². The van der Waals surface area contributed by atoms with Crippen molar-refractivity contribution in [2.24, 2.45) is 0 Å². The third-order valence-corrected chi connectivity index (χ3v) is 4.59. The predicted octanol–water partition coefficient (Wildman–Crippen LogP) is 4.90. The fourth-order valence-electron chi connectivity index (χ4n) is 1.62. The van der Waals surface area contributed by atoms with Crippen LogP contribution in [-0.2, 0) is 0 Å². The standard InChI is InChI=1S/C13H8ClNOS2/c14-12-6-5-11(18-12)9-7-17-13(15-9)8-3-1-2-4-10(8)16/h1-7,16H. The summed E-state index contributed by atoms with van der Waals surface area (Å²) in [6.07, 6.45) is 0. The Kier molecular flexibility index (Phi) is 3.07. The molecule has 0 fully saturated rings. The highest BCUT2D eigenvalue weighted by molar-refractivity contribution is 7.20. The Morgan fingerprint density at radius 3 is 2.67 bits per heavy atom. The van der Waals surface area contributed by atoms with Crippen LogP contribution in [0.2, 0.25) is 4.34 Å². The molecule has 0 bridgehead atoms. The van der Waals surface area contributed by atoms with E-state index in [4.69, 9.17) is 11.6 Å². The largest absolute Gasteiger partial charge is 0.507 e. The highest BCUT2D eigenvalue weighted by Gasteiger charge is 2.10. The van der Waals surface area contributed by atoms with Gasteiger partial charge in [-0.3, -0.25) is 0 Å². The van der Waals surface area contributed by atoms with Gasteiger partial charge in [-0.05, 0) is 24.3 Å². The molecule has 0 saturated carbocycles. The highest BCUT2D eigenvalue weighted by Crippen LogP contribution is 2.36. The van der Waals surface area contributed by atoms with Crippen molar-refractivity contribution in [3.05, 3.63) is 46.1 Å². The van der Waals surface area contributed by atoms with E-state index < -0.39 is 0 Å². The van der Waals surface area contributed by atoms with Gasteiger partial charge in [0.1, 0.15) is 10.8 Å². The highest BCUT2D eigenvalue weighted by atomic mass is 35.5. The summed E-state index contributed by atoms with van der Waals surface area (Å²) in [5.74, 6) is 0.252. The number of nitrogens with zero attached hydrogens (tertiary/aromatic N) is 1. The van der Waals surface area contributed by atoms with Crippen LogP contribution in [0.5, 0.6) is 5.75 Å². The molecule has 0 aliphatic carbocycles. The summed E-state index contributed by atoms with van der Waals surface area (Å²) in [5.41, 5.74) is 1.66. The van der Waals surface area contributed by atoms with Gasteiger partial charge in [-0.2, -0.15) is 0 Å². The number of phenolic OH excluding ortho intramolecular Hbond substituents is 1. The predicted molar refractivity (Wildman–Crippen MR) is 77.5 cm³/mol. The summed E-state index contributed by atoms with van der Waals surface area (Å²) in [4.78, 5) is 5.57. The molecule has 2 heterocycles. The van der Waals surface area contributed by atoms with E-state index in [0.717, 1.165) is 25.5 Å². The van der Waals surface area contributed by atoms with Crippen molar-refractivity contribution < 1.29 is 5.11 Å². The van der Waals surface area contributed by atoms with Gasteiger partial charge in [0.25, 0.3) is 0 Å². The van der Waals surface area contributed by atoms with Crippen molar-refractivity contribution in [1.82, 2.24) is 4.98 Å². The summed E-state index contributed by atoms with van der Waals surface area (Å²) >= 11 is 8.93. The van der Waals surface area contributed by atoms with E-state index in [0.29, 0.717) is 0 Å². The first-order valence-corrected chi connectivity index (χ1v) is 7.31. The number of rotatable bonds is 2. The van der Waals surface area contributed by atoms with Crippen LogP contribution in [0.1, 0.15) is 0 Å². The number of aromatic hydroxyl groups is 1. The molecule has 18 heavy (non-hydrogen) atoms. The molecule has 3 aromatic rings. The lowest BCUT2D eigenvalue weighted by molar-refractivity contribution is 0.477. The zero-order valence-electron chi connectivity index (χ0n) is 9.13. The number of hydrogen-bond donors (Lipinski definition) is 1. The summed E-state index contributed by atoms with van der Waals surface area (Å²) in [6.45, 7) is 0. The van der Waals surface area contributed by atoms with Crippen LogP contribution in [0.15, 0.2) is 41.8 Å². The molecular formula is C13H8ClNOS2. The third-order valence-electron chi connectivity index (χ3n) is 2.46. The molecule has 0 saturated heterocycles. The van der Waals surface area contributed by atoms with Gasteiger partial charge in [0.2, 0.25) is 0 Å². The molecule has 1 N–H and O–H groups in total. The minimum Gasteiger partial charge on any atom is -0.507 e. The van der Waals surface area contributed by atoms with Crippen molar-refractivity contribution in [2.75, 3.05) is 0 Å². The molecule has 0 aliphatic heterocycles. The Balaban J connectivity index is 2.02. The summed E-state index contributed by atoms with van der Waals surface area (Å²) in [6, 6.07) is 11.0. The van der Waals surface area contributed by atoms with Crippen molar-refractivity contribution in [2.45, 2.75) is 0 Å². The van der Waals surface area contributed by atoms with E-state index in [1.807, 2.05) is 29.6 Å². The zero-order valence-corrected chi connectivity index (χ0v) is 11.5. The van der Waals surface area contributed by atoms with Crippen LogP contribution >= 0.6 is 34.3 Å². The smallest absolute Gasteiger partial charge is 0.127 e. The lowest BCUT2D eigenvalue weighted by Gasteiger charge is -1.98. The molecule has 0 spiro atoms. The molecule has 1 aromatic carbocycles. The van der Waals surface area contributed by atoms with Crippen molar-refractivity contribution in [3.63, 3.8) is 0 Å². The molecule has 2 nitrogen and oxygen atoms in total. The average molecular weight is 294 g/mol. The maximum absolute atomic E-state index is 9.80.